The van der Waals surface area contributed by atoms with Crippen LogP contribution < -0.4 is 5.32 Å². The van der Waals surface area contributed by atoms with E-state index in [1.807, 2.05) is 13.8 Å². The molecular formula is C20H41NO5. The van der Waals surface area contributed by atoms with Gasteiger partial charge in [-0.05, 0) is 19.3 Å². The second-order valence-electron chi connectivity index (χ2n) is 7.53. The standard InChI is InChI=1S/C20H41NO5/c1-5-6-7-8-9-10-11-12-19(25)21-17(13-22)20(15(2)3)26-18(14-23)16(4)24/h15-18,20,22-24H,5-14H2,1-4H3,(H,21,25)/t16-,17-,18?,20?/m0/s1. The van der Waals surface area contributed by atoms with E-state index < -0.39 is 24.4 Å². The van der Waals surface area contributed by atoms with Crippen molar-refractivity contribution in [2.24, 2.45) is 5.92 Å². The topological polar surface area (TPSA) is 99.0 Å². The minimum absolute atomic E-state index is 0.0128. The van der Waals surface area contributed by atoms with Gasteiger partial charge in [-0.25, -0.2) is 0 Å². The van der Waals surface area contributed by atoms with Gasteiger partial charge in [-0.15, -0.1) is 0 Å². The van der Waals surface area contributed by atoms with Crippen LogP contribution >= 0.6 is 0 Å². The van der Waals surface area contributed by atoms with E-state index in [0.29, 0.717) is 6.42 Å². The molecule has 0 rings (SSSR count). The highest BCUT2D eigenvalue weighted by atomic mass is 16.5. The number of carbonyl (C=O) groups is 1. The van der Waals surface area contributed by atoms with Crippen LogP contribution in [0.1, 0.15) is 79.1 Å². The number of carbonyl (C=O) groups excluding carboxylic acids is 1. The average Bonchev–Trinajstić information content (AvgIpc) is 2.59. The fraction of sp³-hybridized carbons (Fsp3) is 0.950. The summed E-state index contributed by atoms with van der Waals surface area (Å²) in [6.45, 7) is 7.03. The van der Waals surface area contributed by atoms with E-state index in [-0.39, 0.29) is 25.0 Å². The third-order valence-electron chi connectivity index (χ3n) is 4.65. The van der Waals surface area contributed by atoms with Crippen molar-refractivity contribution in [2.45, 2.75) is 103 Å². The zero-order chi connectivity index (χ0) is 19.9. The summed E-state index contributed by atoms with van der Waals surface area (Å²) in [4.78, 5) is 12.2. The van der Waals surface area contributed by atoms with Crippen molar-refractivity contribution in [1.82, 2.24) is 5.32 Å². The molecular weight excluding hydrogens is 334 g/mol. The van der Waals surface area contributed by atoms with E-state index in [9.17, 15) is 20.1 Å². The van der Waals surface area contributed by atoms with Crippen LogP contribution in [0, 0.1) is 5.92 Å². The van der Waals surface area contributed by atoms with Gasteiger partial charge in [-0.1, -0.05) is 59.3 Å². The molecule has 0 radical (unpaired) electrons. The van der Waals surface area contributed by atoms with E-state index in [4.69, 9.17) is 4.74 Å². The molecule has 26 heavy (non-hydrogen) atoms. The lowest BCUT2D eigenvalue weighted by molar-refractivity contribution is -0.133. The minimum Gasteiger partial charge on any atom is -0.394 e. The number of ether oxygens (including phenoxy) is 1. The van der Waals surface area contributed by atoms with Crippen molar-refractivity contribution in [3.05, 3.63) is 0 Å². The van der Waals surface area contributed by atoms with E-state index in [1.54, 1.807) is 6.92 Å². The molecule has 0 aliphatic rings. The van der Waals surface area contributed by atoms with E-state index in [1.165, 1.54) is 25.7 Å². The summed E-state index contributed by atoms with van der Waals surface area (Å²) in [5, 5.41) is 31.6. The Bertz CT molecular complexity index is 349. The molecule has 0 aliphatic carbocycles. The van der Waals surface area contributed by atoms with Gasteiger partial charge in [0.05, 0.1) is 31.5 Å². The van der Waals surface area contributed by atoms with Crippen LogP contribution in [0.3, 0.4) is 0 Å². The lowest BCUT2D eigenvalue weighted by atomic mass is 9.98. The van der Waals surface area contributed by atoms with Crippen LogP contribution in [0.2, 0.25) is 0 Å². The molecule has 0 aliphatic heterocycles. The molecule has 4 N–H and O–H groups in total. The molecule has 0 aromatic carbocycles. The molecule has 0 spiro atoms. The maximum Gasteiger partial charge on any atom is 0.220 e. The van der Waals surface area contributed by atoms with Gasteiger partial charge in [0.15, 0.2) is 0 Å². The number of rotatable bonds is 16. The lowest BCUT2D eigenvalue weighted by Crippen LogP contribution is -2.51. The molecule has 2 unspecified atom stereocenters. The molecule has 6 nitrogen and oxygen atoms in total. The Morgan fingerprint density at radius 1 is 0.962 bits per heavy atom. The number of hydrogen-bond donors (Lipinski definition) is 4. The molecule has 0 aromatic rings. The Hall–Kier alpha value is -0.690. The van der Waals surface area contributed by atoms with E-state index in [0.717, 1.165) is 19.3 Å². The fourth-order valence-corrected chi connectivity index (χ4v) is 2.98. The smallest absolute Gasteiger partial charge is 0.220 e. The van der Waals surface area contributed by atoms with Gasteiger partial charge in [-0.2, -0.15) is 0 Å². The normalized spacial score (nSPS) is 16.3. The number of unbranched alkanes of at least 4 members (excludes halogenated alkanes) is 6. The van der Waals surface area contributed by atoms with Gasteiger partial charge in [0.1, 0.15) is 6.10 Å². The third kappa shape index (κ3) is 11.1. The molecule has 0 saturated heterocycles. The average molecular weight is 376 g/mol. The maximum atomic E-state index is 12.2. The third-order valence-corrected chi connectivity index (χ3v) is 4.65. The summed E-state index contributed by atoms with van der Waals surface area (Å²) >= 11 is 0. The summed E-state index contributed by atoms with van der Waals surface area (Å²) in [6.07, 6.45) is 6.42. The predicted octanol–water partition coefficient (Wildman–Crippen LogP) is 2.39. The number of nitrogens with one attached hydrogen (secondary N) is 1. The fourth-order valence-electron chi connectivity index (χ4n) is 2.98. The zero-order valence-corrected chi connectivity index (χ0v) is 17.1. The zero-order valence-electron chi connectivity index (χ0n) is 17.1. The van der Waals surface area contributed by atoms with Crippen molar-refractivity contribution in [2.75, 3.05) is 13.2 Å². The molecule has 0 fully saturated rings. The van der Waals surface area contributed by atoms with E-state index >= 15 is 0 Å². The largest absolute Gasteiger partial charge is 0.394 e. The number of amides is 1. The van der Waals surface area contributed by atoms with Crippen molar-refractivity contribution >= 4 is 5.91 Å². The molecule has 1 amide bonds. The summed E-state index contributed by atoms with van der Waals surface area (Å²) in [5.41, 5.74) is 0. The van der Waals surface area contributed by atoms with Crippen LogP contribution in [-0.2, 0) is 9.53 Å². The van der Waals surface area contributed by atoms with Crippen LogP contribution in [0.15, 0.2) is 0 Å². The Morgan fingerprint density at radius 3 is 2.00 bits per heavy atom. The highest BCUT2D eigenvalue weighted by Gasteiger charge is 2.30. The Balaban J connectivity index is 4.38. The van der Waals surface area contributed by atoms with Crippen LogP contribution in [0.5, 0.6) is 0 Å². The first-order valence-corrected chi connectivity index (χ1v) is 10.2. The minimum atomic E-state index is -0.830. The monoisotopic (exact) mass is 375 g/mol. The lowest BCUT2D eigenvalue weighted by Gasteiger charge is -2.33. The number of aliphatic hydroxyl groups excluding tert-OH is 3. The van der Waals surface area contributed by atoms with Gasteiger partial charge in [0, 0.05) is 6.42 Å². The van der Waals surface area contributed by atoms with Crippen molar-refractivity contribution < 1.29 is 24.9 Å². The van der Waals surface area contributed by atoms with Gasteiger partial charge in [0.2, 0.25) is 5.91 Å². The molecule has 0 saturated carbocycles. The SMILES string of the molecule is CCCCCCCCCC(=O)N[C@@H](CO)C(OC(CO)[C@H](C)O)C(C)C. The molecule has 4 atom stereocenters. The highest BCUT2D eigenvalue weighted by Crippen LogP contribution is 2.16. The number of aliphatic hydroxyl groups is 3. The first-order valence-electron chi connectivity index (χ1n) is 10.2. The molecule has 0 aromatic heterocycles. The second kappa shape index (κ2) is 15.4. The summed E-state index contributed by atoms with van der Waals surface area (Å²) in [7, 11) is 0. The summed E-state index contributed by atoms with van der Waals surface area (Å²) in [6, 6.07) is -0.556. The van der Waals surface area contributed by atoms with Crippen molar-refractivity contribution in [1.29, 1.82) is 0 Å². The first kappa shape index (κ1) is 25.3. The molecule has 156 valence electrons. The summed E-state index contributed by atoms with van der Waals surface area (Å²) < 4.78 is 5.78. The highest BCUT2D eigenvalue weighted by molar-refractivity contribution is 5.76. The number of hydrogen-bond acceptors (Lipinski definition) is 5. The van der Waals surface area contributed by atoms with E-state index in [2.05, 4.69) is 12.2 Å². The second-order valence-corrected chi connectivity index (χ2v) is 7.53. The van der Waals surface area contributed by atoms with Crippen molar-refractivity contribution in [3.63, 3.8) is 0 Å². The maximum absolute atomic E-state index is 12.2. The molecule has 6 heteroatoms. The Morgan fingerprint density at radius 2 is 1.54 bits per heavy atom. The van der Waals surface area contributed by atoms with Crippen LogP contribution in [0.4, 0.5) is 0 Å². The predicted molar refractivity (Wildman–Crippen MR) is 104 cm³/mol. The molecule has 0 heterocycles. The van der Waals surface area contributed by atoms with Gasteiger partial charge in [0.25, 0.3) is 0 Å². The van der Waals surface area contributed by atoms with Crippen molar-refractivity contribution in [3.8, 4) is 0 Å². The Labute approximate surface area is 159 Å². The quantitative estimate of drug-likeness (QED) is 0.311. The first-order chi connectivity index (χ1) is 12.4. The summed E-state index contributed by atoms with van der Waals surface area (Å²) in [5.74, 6) is -0.0803. The van der Waals surface area contributed by atoms with Crippen LogP contribution in [0.25, 0.3) is 0 Å². The molecule has 0 bridgehead atoms. The van der Waals surface area contributed by atoms with Gasteiger partial charge < -0.3 is 25.4 Å². The van der Waals surface area contributed by atoms with Crippen LogP contribution in [-0.4, -0.2) is 58.8 Å². The van der Waals surface area contributed by atoms with Gasteiger partial charge in [-0.3, -0.25) is 4.79 Å². The Kier molecular flexibility index (Phi) is 15.0. The van der Waals surface area contributed by atoms with Gasteiger partial charge >= 0.3 is 0 Å².